The van der Waals surface area contributed by atoms with Crippen molar-refractivity contribution in [2.45, 2.75) is 238 Å². The highest BCUT2D eigenvalue weighted by Crippen LogP contribution is 2.43. The van der Waals surface area contributed by atoms with Crippen LogP contribution < -0.4 is 0 Å². The van der Waals surface area contributed by atoms with Gasteiger partial charge >= 0.3 is 25.7 Å². The number of unbranched alkanes of at least 4 members (excludes halogenated alkanes) is 21. The Kier molecular flexibility index (Phi) is 48.0. The third kappa shape index (κ3) is 48.0. The lowest BCUT2D eigenvalue weighted by atomic mass is 10.0. The maximum absolute atomic E-state index is 12.8. The van der Waals surface area contributed by atoms with Gasteiger partial charge in [-0.3, -0.25) is 23.4 Å². The summed E-state index contributed by atoms with van der Waals surface area (Å²) in [5.41, 5.74) is 0. The van der Waals surface area contributed by atoms with Gasteiger partial charge < -0.3 is 24.2 Å². The molecule has 0 bridgehead atoms. The van der Waals surface area contributed by atoms with Gasteiger partial charge in [0.1, 0.15) is 12.7 Å². The van der Waals surface area contributed by atoms with Crippen LogP contribution in [0.2, 0.25) is 0 Å². The fourth-order valence-corrected chi connectivity index (χ4v) is 7.84. The summed E-state index contributed by atoms with van der Waals surface area (Å²) < 4.78 is 39.2. The van der Waals surface area contributed by atoms with Gasteiger partial charge in [0, 0.05) is 12.8 Å². The van der Waals surface area contributed by atoms with Gasteiger partial charge in [-0.05, 0) is 64.2 Å². The van der Waals surface area contributed by atoms with E-state index in [2.05, 4.69) is 75.5 Å². The van der Waals surface area contributed by atoms with Crippen LogP contribution in [0.5, 0.6) is 0 Å². The van der Waals surface area contributed by atoms with Crippen molar-refractivity contribution in [3.05, 3.63) is 72.9 Å². The van der Waals surface area contributed by atoms with E-state index in [-0.39, 0.29) is 25.9 Å². The number of hydrogen-bond acceptors (Lipinski definition) is 10. The fourth-order valence-electron chi connectivity index (χ4n) is 7.06. The minimum Gasteiger partial charge on any atom is -0.461 e. The molecule has 2 N–H and O–H groups in total. The van der Waals surface area contributed by atoms with E-state index < -0.39 is 57.8 Å². The monoisotopic (exact) mass is 977 g/mol. The number of allylic oxidation sites excluding steroid dienone is 11. The van der Waals surface area contributed by atoms with Crippen molar-refractivity contribution in [2.24, 2.45) is 0 Å². The molecule has 0 amide bonds. The van der Waals surface area contributed by atoms with Crippen LogP contribution in [0.4, 0.5) is 0 Å². The lowest BCUT2D eigenvalue weighted by Gasteiger charge is -2.21. The van der Waals surface area contributed by atoms with E-state index in [1.54, 1.807) is 6.08 Å². The quantitative estimate of drug-likeness (QED) is 0.0197. The number of ether oxygens (including phenoxy) is 3. The first-order chi connectivity index (χ1) is 33.2. The topological polar surface area (TPSA) is 155 Å². The Morgan fingerprint density at radius 1 is 0.441 bits per heavy atom. The summed E-state index contributed by atoms with van der Waals surface area (Å²) in [5.74, 6) is -1.62. The highest BCUT2D eigenvalue weighted by atomic mass is 31.2. The molecule has 12 heteroatoms. The van der Waals surface area contributed by atoms with Crippen LogP contribution in [0.3, 0.4) is 0 Å². The molecule has 0 aromatic carbocycles. The van der Waals surface area contributed by atoms with Crippen molar-refractivity contribution >= 4 is 25.7 Å². The van der Waals surface area contributed by atoms with Gasteiger partial charge in [0.15, 0.2) is 6.10 Å². The molecule has 0 aromatic rings. The smallest absolute Gasteiger partial charge is 0.461 e. The summed E-state index contributed by atoms with van der Waals surface area (Å²) in [6.45, 7) is 4.37. The van der Waals surface area contributed by atoms with E-state index in [0.29, 0.717) is 19.3 Å². The predicted octanol–water partition coefficient (Wildman–Crippen LogP) is 15.4. The number of hydrogen-bond donors (Lipinski definition) is 2. The third-order valence-corrected chi connectivity index (χ3v) is 12.1. The van der Waals surface area contributed by atoms with E-state index in [9.17, 15) is 28.9 Å². The predicted molar refractivity (Wildman–Crippen MR) is 279 cm³/mol. The number of aliphatic hydroxyl groups excluding tert-OH is 1. The minimum atomic E-state index is -4.76. The number of phosphoric ester groups is 1. The Hall–Kier alpha value is -3.08. The van der Waals surface area contributed by atoms with Crippen molar-refractivity contribution in [1.29, 1.82) is 0 Å². The van der Waals surface area contributed by atoms with Crippen LogP contribution in [-0.2, 0) is 42.2 Å². The zero-order chi connectivity index (χ0) is 49.9. The average molecular weight is 977 g/mol. The van der Waals surface area contributed by atoms with Crippen LogP contribution >= 0.6 is 7.82 Å². The van der Waals surface area contributed by atoms with Gasteiger partial charge in [-0.2, -0.15) is 0 Å². The maximum atomic E-state index is 12.8. The van der Waals surface area contributed by atoms with Gasteiger partial charge in [0.25, 0.3) is 0 Å². The molecule has 392 valence electrons. The van der Waals surface area contributed by atoms with Gasteiger partial charge in [0.05, 0.1) is 26.2 Å². The first-order valence-corrected chi connectivity index (χ1v) is 28.3. The van der Waals surface area contributed by atoms with Crippen LogP contribution in [0.1, 0.15) is 226 Å². The van der Waals surface area contributed by atoms with Crippen molar-refractivity contribution < 1.29 is 52.2 Å². The second kappa shape index (κ2) is 50.3. The molecule has 0 spiro atoms. The molecule has 11 nitrogen and oxygen atoms in total. The molecule has 0 rings (SSSR count). The first-order valence-electron chi connectivity index (χ1n) is 26.8. The van der Waals surface area contributed by atoms with Crippen LogP contribution in [0.25, 0.3) is 0 Å². The van der Waals surface area contributed by atoms with E-state index in [4.69, 9.17) is 23.3 Å². The second-order valence-electron chi connectivity index (χ2n) is 17.7. The molecule has 68 heavy (non-hydrogen) atoms. The molecule has 0 aliphatic heterocycles. The number of carbonyl (C=O) groups is 3. The fraction of sp³-hybridized carbons (Fsp3) is 0.732. The zero-order valence-electron chi connectivity index (χ0n) is 43.1. The average Bonchev–Trinajstić information content (AvgIpc) is 3.32. The third-order valence-electron chi connectivity index (χ3n) is 11.1. The molecule has 3 atom stereocenters. The van der Waals surface area contributed by atoms with Crippen molar-refractivity contribution in [3.63, 3.8) is 0 Å². The molecule has 0 aliphatic carbocycles. The molecular weight excluding hydrogens is 880 g/mol. The van der Waals surface area contributed by atoms with Crippen LogP contribution in [-0.4, -0.2) is 66.5 Å². The molecule has 0 saturated carbocycles. The van der Waals surface area contributed by atoms with Gasteiger partial charge in [-0.1, -0.05) is 216 Å². The molecule has 0 aliphatic rings. The van der Waals surface area contributed by atoms with Gasteiger partial charge in [0.2, 0.25) is 0 Å². The largest absolute Gasteiger partial charge is 0.472 e. The zero-order valence-corrected chi connectivity index (χ0v) is 43.9. The van der Waals surface area contributed by atoms with Crippen molar-refractivity contribution in [3.8, 4) is 0 Å². The van der Waals surface area contributed by atoms with Crippen molar-refractivity contribution in [2.75, 3.05) is 26.4 Å². The number of phosphoric acid groups is 1. The van der Waals surface area contributed by atoms with Gasteiger partial charge in [-0.25, -0.2) is 4.57 Å². The molecular formula is C56H97O11P. The van der Waals surface area contributed by atoms with Crippen LogP contribution in [0, 0.1) is 0 Å². The SMILES string of the molecule is CC/C=C\C/C=C\C/C=C\C/C=C\C/C=C\CC(=O)OCC(COP(=O)(O)OCC(CO)OC(=O)CCCCCCC/C=C\CCCC)OC(=O)CCCCCCCCCCCCCCCCC. The Morgan fingerprint density at radius 3 is 1.28 bits per heavy atom. The summed E-state index contributed by atoms with van der Waals surface area (Å²) in [5, 5.41) is 9.76. The lowest BCUT2D eigenvalue weighted by Crippen LogP contribution is -2.30. The molecule has 0 fully saturated rings. The summed E-state index contributed by atoms with van der Waals surface area (Å²) in [6, 6.07) is 0. The number of esters is 3. The number of aliphatic hydroxyl groups is 1. The van der Waals surface area contributed by atoms with E-state index in [1.807, 2.05) is 12.2 Å². The minimum absolute atomic E-state index is 0.00584. The highest BCUT2D eigenvalue weighted by Gasteiger charge is 2.28. The Balaban J connectivity index is 4.85. The normalized spacial score (nSPS) is 14.0. The first kappa shape index (κ1) is 64.9. The van der Waals surface area contributed by atoms with Gasteiger partial charge in [-0.15, -0.1) is 0 Å². The Morgan fingerprint density at radius 2 is 0.824 bits per heavy atom. The Bertz CT molecular complexity index is 1420. The van der Waals surface area contributed by atoms with Crippen molar-refractivity contribution in [1.82, 2.24) is 0 Å². The van der Waals surface area contributed by atoms with E-state index in [0.717, 1.165) is 83.5 Å². The second-order valence-corrected chi connectivity index (χ2v) is 19.1. The van der Waals surface area contributed by atoms with E-state index in [1.165, 1.54) is 83.5 Å². The molecule has 0 aromatic heterocycles. The highest BCUT2D eigenvalue weighted by molar-refractivity contribution is 7.47. The number of rotatable bonds is 49. The molecule has 0 saturated heterocycles. The standard InChI is InChI=1S/C56H97O11P/c1-4-7-10-13-16-19-22-24-26-28-31-33-36-39-42-45-54(58)63-49-53(67-56(60)47-44-41-38-35-32-29-27-25-23-20-17-14-11-8-5-2)51-65-68(61,62)64-50-52(48-57)66-55(59)46-43-40-37-34-30-21-18-15-12-9-6-3/h7,10,15-16,18-19,24,26,31,33,39,42,52-53,57H,4-6,8-9,11-14,17,20-23,25,27-30,32,34-38,40-41,43-51H2,1-3H3,(H,61,62)/b10-7-,18-15-,19-16-,26-24-,33-31-,42-39-. The lowest BCUT2D eigenvalue weighted by molar-refractivity contribution is -0.161. The summed E-state index contributed by atoms with van der Waals surface area (Å²) in [7, 11) is -4.76. The molecule has 0 heterocycles. The summed E-state index contributed by atoms with van der Waals surface area (Å²) >= 11 is 0. The summed E-state index contributed by atoms with van der Waals surface area (Å²) in [6.07, 6.45) is 54.7. The van der Waals surface area contributed by atoms with E-state index >= 15 is 0 Å². The number of carbonyl (C=O) groups excluding carboxylic acids is 3. The summed E-state index contributed by atoms with van der Waals surface area (Å²) in [4.78, 5) is 48.3. The Labute approximate surface area is 414 Å². The molecule has 3 unspecified atom stereocenters. The molecule has 0 radical (unpaired) electrons. The van der Waals surface area contributed by atoms with Crippen LogP contribution in [0.15, 0.2) is 72.9 Å². The maximum Gasteiger partial charge on any atom is 0.472 e.